The number of nitrogens with zero attached hydrogens (tertiary/aromatic N) is 2. The minimum absolute atomic E-state index is 0.738. The molecule has 1 saturated heterocycles. The first-order chi connectivity index (χ1) is 9.81. The summed E-state index contributed by atoms with van der Waals surface area (Å²) in [5, 5.41) is 3.19. The molecule has 112 valence electrons. The highest BCUT2D eigenvalue weighted by molar-refractivity contribution is 5.25. The van der Waals surface area contributed by atoms with Crippen LogP contribution in [-0.2, 0) is 13.0 Å². The van der Waals surface area contributed by atoms with E-state index in [-0.39, 0.29) is 0 Å². The molecule has 0 bridgehead atoms. The van der Waals surface area contributed by atoms with E-state index in [4.69, 9.17) is 4.74 Å². The molecule has 1 fully saturated rings. The summed E-state index contributed by atoms with van der Waals surface area (Å²) in [4.78, 5) is 7.06. The van der Waals surface area contributed by atoms with Gasteiger partial charge < -0.3 is 10.1 Å². The Morgan fingerprint density at radius 2 is 2.10 bits per heavy atom. The van der Waals surface area contributed by atoms with Crippen molar-refractivity contribution in [1.29, 1.82) is 0 Å². The summed E-state index contributed by atoms with van der Waals surface area (Å²) >= 11 is 0. The van der Waals surface area contributed by atoms with Crippen molar-refractivity contribution < 1.29 is 4.74 Å². The molecule has 1 aliphatic heterocycles. The fourth-order valence-corrected chi connectivity index (χ4v) is 2.67. The molecule has 0 spiro atoms. The number of aromatic nitrogens is 1. The predicted octanol–water partition coefficient (Wildman–Crippen LogP) is 2.23. The molecular weight excluding hydrogens is 250 g/mol. The van der Waals surface area contributed by atoms with E-state index >= 15 is 0 Å². The minimum atomic E-state index is 0.738. The molecule has 4 heteroatoms. The highest BCUT2D eigenvalue weighted by Crippen LogP contribution is 2.15. The second kappa shape index (κ2) is 8.22. The number of hydrogen-bond acceptors (Lipinski definition) is 4. The van der Waals surface area contributed by atoms with Gasteiger partial charge in [0.05, 0.1) is 0 Å². The summed E-state index contributed by atoms with van der Waals surface area (Å²) in [7, 11) is 1.97. The van der Waals surface area contributed by atoms with Crippen LogP contribution in [0.3, 0.4) is 0 Å². The molecule has 4 nitrogen and oxygen atoms in total. The van der Waals surface area contributed by atoms with Crippen molar-refractivity contribution in [2.75, 3.05) is 33.3 Å². The summed E-state index contributed by atoms with van der Waals surface area (Å²) in [5.41, 5.74) is 2.39. The topological polar surface area (TPSA) is 37.4 Å². The molecule has 0 aromatic carbocycles. The first-order valence-electron chi connectivity index (χ1n) is 7.81. The number of ether oxygens (including phenoxy) is 1. The first-order valence-corrected chi connectivity index (χ1v) is 7.81. The maximum atomic E-state index is 5.86. The Hall–Kier alpha value is -1.13. The van der Waals surface area contributed by atoms with E-state index in [0.717, 1.165) is 44.1 Å². The summed E-state index contributed by atoms with van der Waals surface area (Å²) < 4.78 is 5.86. The van der Waals surface area contributed by atoms with Gasteiger partial charge in [0, 0.05) is 24.8 Å². The van der Waals surface area contributed by atoms with Crippen molar-refractivity contribution in [2.24, 2.45) is 0 Å². The van der Waals surface area contributed by atoms with Gasteiger partial charge in [-0.25, -0.2) is 4.98 Å². The van der Waals surface area contributed by atoms with E-state index in [1.807, 2.05) is 7.05 Å². The molecule has 20 heavy (non-hydrogen) atoms. The largest absolute Gasteiger partial charge is 0.476 e. The van der Waals surface area contributed by atoms with E-state index in [9.17, 15) is 0 Å². The number of hydrogen-bond donors (Lipinski definition) is 1. The van der Waals surface area contributed by atoms with Crippen LogP contribution in [0.4, 0.5) is 0 Å². The Balaban J connectivity index is 1.90. The van der Waals surface area contributed by atoms with Gasteiger partial charge in [0.2, 0.25) is 5.88 Å². The summed E-state index contributed by atoms with van der Waals surface area (Å²) in [6.07, 6.45) is 4.79. The lowest BCUT2D eigenvalue weighted by atomic mass is 10.1. The van der Waals surface area contributed by atoms with Crippen LogP contribution in [0.2, 0.25) is 0 Å². The van der Waals surface area contributed by atoms with Gasteiger partial charge in [-0.05, 0) is 51.0 Å². The third-order valence-electron chi connectivity index (χ3n) is 3.66. The zero-order chi connectivity index (χ0) is 14.2. The lowest BCUT2D eigenvalue weighted by Crippen LogP contribution is -2.25. The average molecular weight is 277 g/mol. The van der Waals surface area contributed by atoms with Crippen molar-refractivity contribution in [3.05, 3.63) is 23.4 Å². The molecule has 1 aromatic heterocycles. The average Bonchev–Trinajstić information content (AvgIpc) is 2.92. The van der Waals surface area contributed by atoms with Crippen LogP contribution < -0.4 is 10.1 Å². The molecular formula is C16H27N3O. The summed E-state index contributed by atoms with van der Waals surface area (Å²) in [5.74, 6) is 0.778. The Morgan fingerprint density at radius 1 is 1.30 bits per heavy atom. The molecule has 0 amide bonds. The van der Waals surface area contributed by atoms with Crippen molar-refractivity contribution in [2.45, 2.75) is 39.2 Å². The van der Waals surface area contributed by atoms with Crippen molar-refractivity contribution in [1.82, 2.24) is 15.2 Å². The zero-order valence-corrected chi connectivity index (χ0v) is 12.8. The molecule has 0 aliphatic carbocycles. The Morgan fingerprint density at radius 3 is 2.80 bits per heavy atom. The van der Waals surface area contributed by atoms with Gasteiger partial charge in [-0.15, -0.1) is 0 Å². The lowest BCUT2D eigenvalue weighted by Gasteiger charge is -2.15. The zero-order valence-electron chi connectivity index (χ0n) is 12.8. The standard InChI is InChI=1S/C16H27N3O/c1-3-6-15-11-14(13-17-2)12-16(18-15)20-10-9-19-7-4-5-8-19/h11-12,17H,3-10,13H2,1-2H3. The Labute approximate surface area is 122 Å². The van der Waals surface area contributed by atoms with E-state index in [2.05, 4.69) is 34.3 Å². The fourth-order valence-electron chi connectivity index (χ4n) is 2.67. The molecule has 1 aromatic rings. The Kier molecular flexibility index (Phi) is 6.27. The lowest BCUT2D eigenvalue weighted by molar-refractivity contribution is 0.231. The predicted molar refractivity (Wildman–Crippen MR) is 82.2 cm³/mol. The van der Waals surface area contributed by atoms with E-state index < -0.39 is 0 Å². The van der Waals surface area contributed by atoms with Gasteiger partial charge in [-0.3, -0.25) is 4.90 Å². The molecule has 2 heterocycles. The van der Waals surface area contributed by atoms with Crippen LogP contribution in [-0.4, -0.2) is 43.2 Å². The minimum Gasteiger partial charge on any atom is -0.476 e. The molecule has 0 radical (unpaired) electrons. The van der Waals surface area contributed by atoms with E-state index in [0.29, 0.717) is 0 Å². The molecule has 1 N–H and O–H groups in total. The van der Waals surface area contributed by atoms with E-state index in [1.165, 1.54) is 31.5 Å². The number of aryl methyl sites for hydroxylation is 1. The highest BCUT2D eigenvalue weighted by atomic mass is 16.5. The molecule has 0 saturated carbocycles. The molecule has 1 aliphatic rings. The van der Waals surface area contributed by atoms with Gasteiger partial charge in [0.15, 0.2) is 0 Å². The van der Waals surface area contributed by atoms with Crippen LogP contribution in [0.25, 0.3) is 0 Å². The highest BCUT2D eigenvalue weighted by Gasteiger charge is 2.11. The quantitative estimate of drug-likeness (QED) is 0.790. The number of nitrogens with one attached hydrogen (secondary N) is 1. The van der Waals surface area contributed by atoms with Crippen molar-refractivity contribution in [3.8, 4) is 5.88 Å². The van der Waals surface area contributed by atoms with Crippen LogP contribution in [0.1, 0.15) is 37.4 Å². The molecule has 0 atom stereocenters. The normalized spacial score (nSPS) is 15.7. The van der Waals surface area contributed by atoms with Gasteiger partial charge in [-0.2, -0.15) is 0 Å². The Bertz CT molecular complexity index is 378. The van der Waals surface area contributed by atoms with Gasteiger partial charge in [0.25, 0.3) is 0 Å². The molecule has 2 rings (SSSR count). The fraction of sp³-hybridized carbons (Fsp3) is 0.688. The number of pyridine rings is 1. The van der Waals surface area contributed by atoms with Crippen molar-refractivity contribution >= 4 is 0 Å². The number of likely N-dealkylation sites (tertiary alicyclic amines) is 1. The van der Waals surface area contributed by atoms with Crippen molar-refractivity contribution in [3.63, 3.8) is 0 Å². The van der Waals surface area contributed by atoms with Gasteiger partial charge >= 0.3 is 0 Å². The second-order valence-electron chi connectivity index (χ2n) is 5.48. The maximum absolute atomic E-state index is 5.86. The third-order valence-corrected chi connectivity index (χ3v) is 3.66. The monoisotopic (exact) mass is 277 g/mol. The van der Waals surface area contributed by atoms with E-state index in [1.54, 1.807) is 0 Å². The summed E-state index contributed by atoms with van der Waals surface area (Å²) in [6, 6.07) is 4.23. The first kappa shape index (κ1) is 15.3. The molecule has 0 unspecified atom stereocenters. The van der Waals surface area contributed by atoms with Gasteiger partial charge in [0.1, 0.15) is 6.61 Å². The van der Waals surface area contributed by atoms with Crippen LogP contribution >= 0.6 is 0 Å². The number of rotatable bonds is 8. The van der Waals surface area contributed by atoms with Gasteiger partial charge in [-0.1, -0.05) is 13.3 Å². The van der Waals surface area contributed by atoms with Crippen LogP contribution in [0.15, 0.2) is 12.1 Å². The maximum Gasteiger partial charge on any atom is 0.213 e. The smallest absolute Gasteiger partial charge is 0.213 e. The third kappa shape index (κ3) is 4.76. The van der Waals surface area contributed by atoms with Crippen LogP contribution in [0.5, 0.6) is 5.88 Å². The SMILES string of the molecule is CCCc1cc(CNC)cc(OCCN2CCCC2)n1. The second-order valence-corrected chi connectivity index (χ2v) is 5.48. The summed E-state index contributed by atoms with van der Waals surface area (Å²) in [6.45, 7) is 7.24. The van der Waals surface area contributed by atoms with Crippen LogP contribution in [0, 0.1) is 0 Å².